The predicted molar refractivity (Wildman–Crippen MR) is 72.9 cm³/mol. The number of hydrogen-bond donors (Lipinski definition) is 2. The molecule has 0 aliphatic carbocycles. The van der Waals surface area contributed by atoms with E-state index in [1.807, 2.05) is 0 Å². The van der Waals surface area contributed by atoms with Gasteiger partial charge in [-0.15, -0.1) is 0 Å². The quantitative estimate of drug-likeness (QED) is 0.826. The normalized spacial score (nSPS) is 20.5. The minimum absolute atomic E-state index is 0. The third-order valence-corrected chi connectivity index (χ3v) is 3.24. The smallest absolute Gasteiger partial charge is 0.341 e. The van der Waals surface area contributed by atoms with Crippen molar-refractivity contribution in [2.45, 2.75) is 32.1 Å². The molecule has 1 unspecified atom stereocenters. The highest BCUT2D eigenvalue weighted by Gasteiger charge is 2.45. The van der Waals surface area contributed by atoms with Gasteiger partial charge in [-0.3, -0.25) is 0 Å². The van der Waals surface area contributed by atoms with Crippen molar-refractivity contribution in [1.82, 2.24) is 21.4 Å². The molecule has 1 aliphatic rings. The summed E-state index contributed by atoms with van der Waals surface area (Å²) in [6.07, 6.45) is 1.49. The van der Waals surface area contributed by atoms with Crippen LogP contribution in [-0.2, 0) is 4.74 Å². The molecule has 2 rings (SSSR count). The molecule has 1 atom stereocenters. The van der Waals surface area contributed by atoms with E-state index in [4.69, 9.17) is 4.74 Å². The first-order valence-electron chi connectivity index (χ1n) is 6.55. The number of aromatic nitrogens is 2. The summed E-state index contributed by atoms with van der Waals surface area (Å²) in [5, 5.41) is 2.65. The highest BCUT2D eigenvalue weighted by atomic mass is 19.3. The van der Waals surface area contributed by atoms with Gasteiger partial charge in [0.05, 0.1) is 30.3 Å². The minimum Gasteiger partial charge on any atom is -0.462 e. The van der Waals surface area contributed by atoms with Crippen LogP contribution in [0.1, 0.15) is 41.1 Å². The standard InChI is InChI=1S/C13H17F2N3O2.H3N/c1-3-20-12(19)9-6-17-8(2)18-11(9)10-4-5-16-7-13(10,14)15;/h6,10,16H,3-5,7H2,1-2H3;1H3. The van der Waals surface area contributed by atoms with Crippen molar-refractivity contribution >= 4 is 5.97 Å². The van der Waals surface area contributed by atoms with E-state index in [9.17, 15) is 13.6 Å². The highest BCUT2D eigenvalue weighted by molar-refractivity contribution is 5.90. The highest BCUT2D eigenvalue weighted by Crippen LogP contribution is 2.38. The van der Waals surface area contributed by atoms with Gasteiger partial charge in [0.2, 0.25) is 0 Å². The molecule has 1 aliphatic heterocycles. The maximum absolute atomic E-state index is 14.0. The summed E-state index contributed by atoms with van der Waals surface area (Å²) < 4.78 is 33.0. The number of carbonyl (C=O) groups excluding carboxylic acids is 1. The van der Waals surface area contributed by atoms with Gasteiger partial charge < -0.3 is 16.2 Å². The molecule has 8 heteroatoms. The Morgan fingerprint density at radius 3 is 2.90 bits per heavy atom. The molecule has 1 aromatic rings. The van der Waals surface area contributed by atoms with Crippen molar-refractivity contribution in [3.63, 3.8) is 0 Å². The van der Waals surface area contributed by atoms with Gasteiger partial charge in [-0.1, -0.05) is 0 Å². The van der Waals surface area contributed by atoms with Gasteiger partial charge in [0.25, 0.3) is 5.92 Å². The third kappa shape index (κ3) is 3.70. The second-order valence-electron chi connectivity index (χ2n) is 4.72. The minimum atomic E-state index is -2.94. The lowest BCUT2D eigenvalue weighted by Gasteiger charge is -2.32. The average molecular weight is 302 g/mol. The van der Waals surface area contributed by atoms with Crippen molar-refractivity contribution in [3.05, 3.63) is 23.3 Å². The molecule has 6 nitrogen and oxygen atoms in total. The van der Waals surface area contributed by atoms with E-state index < -0.39 is 24.4 Å². The number of rotatable bonds is 3. The maximum atomic E-state index is 14.0. The summed E-state index contributed by atoms with van der Waals surface area (Å²) in [6.45, 7) is 3.49. The number of nitrogens with zero attached hydrogens (tertiary/aromatic N) is 2. The molecule has 1 saturated heterocycles. The Morgan fingerprint density at radius 1 is 1.57 bits per heavy atom. The first-order chi connectivity index (χ1) is 9.45. The Hall–Kier alpha value is -1.67. The van der Waals surface area contributed by atoms with E-state index in [1.54, 1.807) is 13.8 Å². The zero-order chi connectivity index (χ0) is 14.8. The third-order valence-electron chi connectivity index (χ3n) is 3.24. The summed E-state index contributed by atoms with van der Waals surface area (Å²) in [4.78, 5) is 19.9. The number of esters is 1. The lowest BCUT2D eigenvalue weighted by molar-refractivity contribution is -0.0435. The summed E-state index contributed by atoms with van der Waals surface area (Å²) in [7, 11) is 0. The molecule has 21 heavy (non-hydrogen) atoms. The van der Waals surface area contributed by atoms with Crippen LogP contribution in [0, 0.1) is 6.92 Å². The zero-order valence-corrected chi connectivity index (χ0v) is 12.2. The molecule has 0 bridgehead atoms. The number of ether oxygens (including phenoxy) is 1. The molecule has 1 fully saturated rings. The van der Waals surface area contributed by atoms with Crippen LogP contribution in [0.25, 0.3) is 0 Å². The fourth-order valence-corrected chi connectivity index (χ4v) is 2.29. The molecule has 118 valence electrons. The summed E-state index contributed by atoms with van der Waals surface area (Å²) in [5.41, 5.74) is 0.117. The molecule has 4 N–H and O–H groups in total. The molecule has 0 saturated carbocycles. The number of nitrogens with one attached hydrogen (secondary N) is 1. The fourth-order valence-electron chi connectivity index (χ4n) is 2.29. The van der Waals surface area contributed by atoms with Gasteiger partial charge in [0.15, 0.2) is 0 Å². The molecule has 0 aromatic carbocycles. The topological polar surface area (TPSA) is 99.1 Å². The second-order valence-corrected chi connectivity index (χ2v) is 4.72. The Labute approximate surface area is 121 Å². The Balaban J connectivity index is 0.00000220. The van der Waals surface area contributed by atoms with Gasteiger partial charge in [-0.25, -0.2) is 23.5 Å². The number of alkyl halides is 2. The summed E-state index contributed by atoms with van der Waals surface area (Å²) in [6, 6.07) is 0. The molecule has 1 aromatic heterocycles. The van der Waals surface area contributed by atoms with Crippen LogP contribution >= 0.6 is 0 Å². The Morgan fingerprint density at radius 2 is 2.29 bits per heavy atom. The first-order valence-corrected chi connectivity index (χ1v) is 6.55. The van der Waals surface area contributed by atoms with Crippen LogP contribution in [0.5, 0.6) is 0 Å². The Bertz CT molecular complexity index is 511. The van der Waals surface area contributed by atoms with Crippen molar-refractivity contribution in [3.8, 4) is 0 Å². The van der Waals surface area contributed by atoms with Gasteiger partial charge in [-0.2, -0.15) is 0 Å². The molecule has 2 heterocycles. The van der Waals surface area contributed by atoms with E-state index in [-0.39, 0.29) is 30.4 Å². The number of aryl methyl sites for hydroxylation is 1. The number of halogens is 2. The van der Waals surface area contributed by atoms with Crippen LogP contribution in [0.2, 0.25) is 0 Å². The Kier molecular flexibility index (Phi) is 5.68. The van der Waals surface area contributed by atoms with Crippen molar-refractivity contribution < 1.29 is 18.3 Å². The van der Waals surface area contributed by atoms with E-state index in [2.05, 4.69) is 15.3 Å². The monoisotopic (exact) mass is 302 g/mol. The van der Waals surface area contributed by atoms with E-state index >= 15 is 0 Å². The van der Waals surface area contributed by atoms with Gasteiger partial charge in [0.1, 0.15) is 5.82 Å². The summed E-state index contributed by atoms with van der Waals surface area (Å²) in [5.74, 6) is -4.33. The molecule has 0 radical (unpaired) electrons. The fraction of sp³-hybridized carbons (Fsp3) is 0.615. The lowest BCUT2D eigenvalue weighted by atomic mass is 9.88. The van der Waals surface area contributed by atoms with Crippen molar-refractivity contribution in [1.29, 1.82) is 0 Å². The van der Waals surface area contributed by atoms with E-state index in [0.29, 0.717) is 12.4 Å². The number of piperidine rings is 1. The van der Waals surface area contributed by atoms with Crippen LogP contribution in [0.4, 0.5) is 8.78 Å². The van der Waals surface area contributed by atoms with E-state index in [1.165, 1.54) is 6.20 Å². The number of carbonyl (C=O) groups is 1. The van der Waals surface area contributed by atoms with Crippen LogP contribution in [-0.4, -0.2) is 41.6 Å². The largest absolute Gasteiger partial charge is 0.462 e. The van der Waals surface area contributed by atoms with Crippen LogP contribution in [0.3, 0.4) is 0 Å². The van der Waals surface area contributed by atoms with Gasteiger partial charge >= 0.3 is 5.97 Å². The second kappa shape index (κ2) is 6.86. The van der Waals surface area contributed by atoms with Gasteiger partial charge in [0, 0.05) is 6.20 Å². The van der Waals surface area contributed by atoms with Crippen LogP contribution in [0.15, 0.2) is 6.20 Å². The van der Waals surface area contributed by atoms with Crippen molar-refractivity contribution in [2.75, 3.05) is 19.7 Å². The SMILES string of the molecule is CCOC(=O)c1cnc(C)nc1C1CCNCC1(F)F.N. The lowest BCUT2D eigenvalue weighted by Crippen LogP contribution is -2.45. The summed E-state index contributed by atoms with van der Waals surface area (Å²) >= 11 is 0. The van der Waals surface area contributed by atoms with E-state index in [0.717, 1.165) is 0 Å². The molecule has 0 amide bonds. The zero-order valence-electron chi connectivity index (χ0n) is 12.2. The molecular weight excluding hydrogens is 282 g/mol. The predicted octanol–water partition coefficient (Wildman–Crippen LogP) is 1.84. The van der Waals surface area contributed by atoms with Gasteiger partial charge in [-0.05, 0) is 26.8 Å². The first kappa shape index (κ1) is 17.4. The average Bonchev–Trinajstić information content (AvgIpc) is 2.38. The molecular formula is C13H20F2N4O2. The van der Waals surface area contributed by atoms with Crippen LogP contribution < -0.4 is 11.5 Å². The maximum Gasteiger partial charge on any atom is 0.341 e. The van der Waals surface area contributed by atoms with Crippen molar-refractivity contribution in [2.24, 2.45) is 0 Å². The molecule has 0 spiro atoms. The number of hydrogen-bond acceptors (Lipinski definition) is 6.